The summed E-state index contributed by atoms with van der Waals surface area (Å²) < 4.78 is 0. The van der Waals surface area contributed by atoms with Crippen LogP contribution in [0.3, 0.4) is 0 Å². The van der Waals surface area contributed by atoms with Gasteiger partial charge in [-0.3, -0.25) is 19.7 Å². The molecule has 1 atom stereocenters. The SMILES string of the molecule is O=C(CCCC1C(=O)N(C23CC4CC(CC(C4)C2)C3)C(=O)N1Cc1cccc(Cl)c1)NO. The van der Waals surface area contributed by atoms with Crippen molar-refractivity contribution >= 4 is 29.4 Å². The van der Waals surface area contributed by atoms with Crippen LogP contribution in [0.25, 0.3) is 0 Å². The normalized spacial score (nSPS) is 33.3. The number of carbonyl (C=O) groups excluding carboxylic acids is 3. The number of benzene rings is 1. The zero-order chi connectivity index (χ0) is 22.5. The molecule has 32 heavy (non-hydrogen) atoms. The van der Waals surface area contributed by atoms with Gasteiger partial charge in [0.05, 0.1) is 5.54 Å². The van der Waals surface area contributed by atoms with E-state index in [1.54, 1.807) is 21.3 Å². The lowest BCUT2D eigenvalue weighted by Crippen LogP contribution is -2.62. The number of rotatable bonds is 7. The summed E-state index contributed by atoms with van der Waals surface area (Å²) in [6.07, 6.45) is 7.42. The Balaban J connectivity index is 1.42. The van der Waals surface area contributed by atoms with Crippen molar-refractivity contribution in [2.45, 2.75) is 75.9 Å². The van der Waals surface area contributed by atoms with Gasteiger partial charge in [0, 0.05) is 18.0 Å². The topological polar surface area (TPSA) is 90.0 Å². The Morgan fingerprint density at radius 3 is 2.38 bits per heavy atom. The minimum absolute atomic E-state index is 0.108. The van der Waals surface area contributed by atoms with Crippen LogP contribution in [0.1, 0.15) is 63.4 Å². The Labute approximate surface area is 193 Å². The predicted octanol–water partition coefficient (Wildman–Crippen LogP) is 4.12. The van der Waals surface area contributed by atoms with E-state index in [2.05, 4.69) is 0 Å². The minimum atomic E-state index is -0.596. The summed E-state index contributed by atoms with van der Waals surface area (Å²) in [7, 11) is 0. The van der Waals surface area contributed by atoms with E-state index in [-0.39, 0.29) is 23.9 Å². The number of carbonyl (C=O) groups is 3. The first kappa shape index (κ1) is 21.7. The highest BCUT2D eigenvalue weighted by Gasteiger charge is 2.60. The molecule has 1 aliphatic heterocycles. The van der Waals surface area contributed by atoms with E-state index in [0.29, 0.717) is 42.2 Å². The molecular formula is C24H30ClN3O4. The number of halogens is 1. The Hall–Kier alpha value is -2.12. The Morgan fingerprint density at radius 2 is 1.78 bits per heavy atom. The van der Waals surface area contributed by atoms with Crippen LogP contribution in [-0.2, 0) is 16.1 Å². The van der Waals surface area contributed by atoms with E-state index in [1.165, 1.54) is 19.3 Å². The highest BCUT2D eigenvalue weighted by Crippen LogP contribution is 2.58. The first-order chi connectivity index (χ1) is 15.4. The van der Waals surface area contributed by atoms with E-state index in [1.807, 2.05) is 18.2 Å². The van der Waals surface area contributed by atoms with Gasteiger partial charge in [0.2, 0.25) is 5.91 Å². The van der Waals surface area contributed by atoms with Crippen molar-refractivity contribution in [2.75, 3.05) is 0 Å². The molecule has 4 amide bonds. The highest BCUT2D eigenvalue weighted by atomic mass is 35.5. The number of nitrogens with zero attached hydrogens (tertiary/aromatic N) is 2. The summed E-state index contributed by atoms with van der Waals surface area (Å²) in [5.74, 6) is 1.26. The standard InChI is InChI=1S/C24H30ClN3O4/c25-19-4-1-3-15(10-19)14-27-20(5-2-6-21(29)26-32)22(30)28(23(27)31)24-11-16-7-17(12-24)9-18(8-16)13-24/h1,3-4,10,16-18,20,32H,2,5-9,11-14H2,(H,26,29). The molecule has 1 aromatic carbocycles. The molecule has 1 heterocycles. The van der Waals surface area contributed by atoms with Crippen molar-refractivity contribution < 1.29 is 19.6 Å². The molecule has 0 aromatic heterocycles. The van der Waals surface area contributed by atoms with Gasteiger partial charge in [-0.25, -0.2) is 10.3 Å². The number of urea groups is 1. The highest BCUT2D eigenvalue weighted by molar-refractivity contribution is 6.30. The van der Waals surface area contributed by atoms with Gasteiger partial charge >= 0.3 is 6.03 Å². The predicted molar refractivity (Wildman–Crippen MR) is 118 cm³/mol. The molecule has 4 saturated carbocycles. The molecule has 1 aromatic rings. The van der Waals surface area contributed by atoms with Crippen LogP contribution >= 0.6 is 11.6 Å². The summed E-state index contributed by atoms with van der Waals surface area (Å²) in [5.41, 5.74) is 2.17. The van der Waals surface area contributed by atoms with Gasteiger partial charge in [0.25, 0.3) is 5.91 Å². The number of nitrogens with one attached hydrogen (secondary N) is 1. The largest absolute Gasteiger partial charge is 0.328 e. The van der Waals surface area contributed by atoms with Crippen LogP contribution < -0.4 is 5.48 Å². The summed E-state index contributed by atoms with van der Waals surface area (Å²) in [6.45, 7) is 0.310. The molecule has 8 heteroatoms. The lowest BCUT2D eigenvalue weighted by Gasteiger charge is -2.58. The van der Waals surface area contributed by atoms with Crippen molar-refractivity contribution in [3.8, 4) is 0 Å². The first-order valence-corrected chi connectivity index (χ1v) is 12.1. The van der Waals surface area contributed by atoms with Gasteiger partial charge in [-0.15, -0.1) is 0 Å². The molecule has 5 aliphatic rings. The van der Waals surface area contributed by atoms with Gasteiger partial charge < -0.3 is 4.90 Å². The summed E-state index contributed by atoms with van der Waals surface area (Å²) in [6, 6.07) is 6.57. The fraction of sp³-hybridized carbons (Fsp3) is 0.625. The average Bonchev–Trinajstić information content (AvgIpc) is 2.97. The molecule has 2 N–H and O–H groups in total. The van der Waals surface area contributed by atoms with Crippen LogP contribution in [0, 0.1) is 17.8 Å². The zero-order valence-corrected chi connectivity index (χ0v) is 18.9. The molecule has 4 bridgehead atoms. The second-order valence-corrected chi connectivity index (χ2v) is 10.7. The van der Waals surface area contributed by atoms with Gasteiger partial charge in [0.15, 0.2) is 0 Å². The van der Waals surface area contributed by atoms with Crippen molar-refractivity contribution in [2.24, 2.45) is 17.8 Å². The van der Waals surface area contributed by atoms with Crippen LogP contribution in [0.15, 0.2) is 24.3 Å². The van der Waals surface area contributed by atoms with Crippen LogP contribution in [-0.4, -0.2) is 44.4 Å². The molecule has 4 aliphatic carbocycles. The quantitative estimate of drug-likeness (QED) is 0.364. The number of imide groups is 1. The maximum atomic E-state index is 13.8. The van der Waals surface area contributed by atoms with Gasteiger partial charge in [-0.1, -0.05) is 23.7 Å². The van der Waals surface area contributed by atoms with E-state index >= 15 is 0 Å². The third-order valence-electron chi connectivity index (χ3n) is 8.05. The minimum Gasteiger partial charge on any atom is -0.308 e. The molecule has 1 saturated heterocycles. The maximum absolute atomic E-state index is 13.8. The number of hydrogen-bond acceptors (Lipinski definition) is 4. The fourth-order valence-electron chi connectivity index (χ4n) is 7.21. The zero-order valence-electron chi connectivity index (χ0n) is 18.1. The lowest BCUT2D eigenvalue weighted by atomic mass is 9.52. The van der Waals surface area contributed by atoms with Crippen LogP contribution in [0.2, 0.25) is 5.02 Å². The third kappa shape index (κ3) is 3.79. The summed E-state index contributed by atoms with van der Waals surface area (Å²) in [5, 5.41) is 9.37. The molecule has 1 unspecified atom stereocenters. The van der Waals surface area contributed by atoms with Gasteiger partial charge in [-0.2, -0.15) is 0 Å². The number of hydroxylamine groups is 1. The summed E-state index contributed by atoms with van der Waals surface area (Å²) in [4.78, 5) is 42.3. The molecule has 0 radical (unpaired) electrons. The smallest absolute Gasteiger partial charge is 0.308 e. The molecule has 0 spiro atoms. The Bertz CT molecular complexity index is 900. The van der Waals surface area contributed by atoms with Crippen LogP contribution in [0.4, 0.5) is 4.79 Å². The molecular weight excluding hydrogens is 430 g/mol. The van der Waals surface area contributed by atoms with E-state index in [0.717, 1.165) is 24.8 Å². The van der Waals surface area contributed by atoms with E-state index in [4.69, 9.17) is 16.8 Å². The van der Waals surface area contributed by atoms with E-state index < -0.39 is 11.9 Å². The van der Waals surface area contributed by atoms with Gasteiger partial charge in [-0.05, 0) is 86.8 Å². The molecule has 172 valence electrons. The van der Waals surface area contributed by atoms with E-state index in [9.17, 15) is 14.4 Å². The monoisotopic (exact) mass is 459 g/mol. The fourth-order valence-corrected chi connectivity index (χ4v) is 7.43. The number of hydrogen-bond donors (Lipinski definition) is 2. The molecule has 7 nitrogen and oxygen atoms in total. The second-order valence-electron chi connectivity index (χ2n) is 10.3. The van der Waals surface area contributed by atoms with Gasteiger partial charge in [0.1, 0.15) is 6.04 Å². The Morgan fingerprint density at radius 1 is 1.12 bits per heavy atom. The Kier molecular flexibility index (Phi) is 5.66. The molecule has 5 fully saturated rings. The van der Waals surface area contributed by atoms with Crippen molar-refractivity contribution in [3.05, 3.63) is 34.9 Å². The summed E-state index contributed by atoms with van der Waals surface area (Å²) >= 11 is 6.16. The van der Waals surface area contributed by atoms with Crippen molar-refractivity contribution in [3.63, 3.8) is 0 Å². The third-order valence-corrected chi connectivity index (χ3v) is 8.28. The van der Waals surface area contributed by atoms with Crippen LogP contribution in [0.5, 0.6) is 0 Å². The lowest BCUT2D eigenvalue weighted by molar-refractivity contribution is -0.141. The van der Waals surface area contributed by atoms with Crippen molar-refractivity contribution in [1.82, 2.24) is 15.3 Å². The molecule has 6 rings (SSSR count). The average molecular weight is 460 g/mol. The second kappa shape index (κ2) is 8.34. The van der Waals surface area contributed by atoms with Crippen molar-refractivity contribution in [1.29, 1.82) is 0 Å². The number of amides is 4. The first-order valence-electron chi connectivity index (χ1n) is 11.7. The maximum Gasteiger partial charge on any atom is 0.328 e.